The van der Waals surface area contributed by atoms with Crippen LogP contribution >= 0.6 is 0 Å². The Balaban J connectivity index is 1.24. The number of piperidine rings is 1. The molecule has 7 heteroatoms. The average molecular weight is 452 g/mol. The van der Waals surface area contributed by atoms with Gasteiger partial charge in [0.2, 0.25) is 15.9 Å². The highest BCUT2D eigenvalue weighted by Gasteiger charge is 2.29. The number of carbonyl (C=O) groups is 1. The number of nitrogens with zero attached hydrogens (tertiary/aromatic N) is 2. The predicted octanol–water partition coefficient (Wildman–Crippen LogP) is 4.25. The first-order chi connectivity index (χ1) is 15.5. The summed E-state index contributed by atoms with van der Waals surface area (Å²) in [5, 5.41) is 1.22. The molecule has 168 valence electrons. The second-order valence-corrected chi connectivity index (χ2v) is 10.7. The summed E-state index contributed by atoms with van der Waals surface area (Å²) >= 11 is 0. The van der Waals surface area contributed by atoms with Crippen LogP contribution in [0.3, 0.4) is 0 Å². The van der Waals surface area contributed by atoms with Crippen molar-refractivity contribution in [3.63, 3.8) is 0 Å². The largest absolute Gasteiger partial charge is 0.361 e. The number of aromatic amines is 1. The highest BCUT2D eigenvalue weighted by atomic mass is 32.2. The summed E-state index contributed by atoms with van der Waals surface area (Å²) < 4.78 is 27.6. The van der Waals surface area contributed by atoms with Crippen LogP contribution in [0.2, 0.25) is 0 Å². The van der Waals surface area contributed by atoms with Crippen LogP contribution in [0.5, 0.6) is 0 Å². The number of rotatable bonds is 6. The summed E-state index contributed by atoms with van der Waals surface area (Å²) in [6.07, 6.45) is 7.78. The van der Waals surface area contributed by atoms with Crippen molar-refractivity contribution in [2.75, 3.05) is 24.5 Å². The first-order valence-corrected chi connectivity index (χ1v) is 13.0. The van der Waals surface area contributed by atoms with Crippen LogP contribution < -0.4 is 4.90 Å². The van der Waals surface area contributed by atoms with Crippen LogP contribution in [-0.4, -0.2) is 43.2 Å². The molecule has 1 amide bonds. The molecule has 2 aliphatic rings. The number of benzene rings is 2. The molecule has 5 rings (SSSR count). The third-order valence-corrected chi connectivity index (χ3v) is 8.61. The van der Waals surface area contributed by atoms with Gasteiger partial charge in [-0.15, -0.1) is 0 Å². The van der Waals surface area contributed by atoms with E-state index in [1.54, 1.807) is 16.4 Å². The Bertz CT molecular complexity index is 1240. The van der Waals surface area contributed by atoms with E-state index in [4.69, 9.17) is 0 Å². The Labute approximate surface area is 189 Å². The summed E-state index contributed by atoms with van der Waals surface area (Å²) in [6.45, 7) is 1.81. The molecule has 2 aliphatic heterocycles. The number of fused-ring (bicyclic) bond motifs is 2. The van der Waals surface area contributed by atoms with Crippen LogP contribution in [0, 0.1) is 0 Å². The Morgan fingerprint density at radius 2 is 1.81 bits per heavy atom. The Morgan fingerprint density at radius 3 is 2.66 bits per heavy atom. The lowest BCUT2D eigenvalue weighted by Crippen LogP contribution is -2.35. The second-order valence-electron chi connectivity index (χ2n) is 8.76. The first-order valence-electron chi connectivity index (χ1n) is 11.5. The van der Waals surface area contributed by atoms with Crippen LogP contribution in [-0.2, 0) is 27.7 Å². The third-order valence-electron chi connectivity index (χ3n) is 6.71. The van der Waals surface area contributed by atoms with E-state index in [2.05, 4.69) is 17.1 Å². The van der Waals surface area contributed by atoms with Gasteiger partial charge in [0.15, 0.2) is 0 Å². The van der Waals surface area contributed by atoms with Crippen molar-refractivity contribution in [2.24, 2.45) is 0 Å². The number of carbonyl (C=O) groups excluding carboxylic acids is 1. The summed E-state index contributed by atoms with van der Waals surface area (Å²) in [4.78, 5) is 18.4. The molecule has 0 unspecified atom stereocenters. The molecule has 1 aromatic heterocycles. The van der Waals surface area contributed by atoms with E-state index in [1.807, 2.05) is 29.3 Å². The monoisotopic (exact) mass is 451 g/mol. The second kappa shape index (κ2) is 8.71. The molecule has 0 aliphatic carbocycles. The maximum atomic E-state index is 13.0. The van der Waals surface area contributed by atoms with Crippen molar-refractivity contribution in [1.82, 2.24) is 9.29 Å². The zero-order chi connectivity index (χ0) is 22.1. The van der Waals surface area contributed by atoms with Gasteiger partial charge < -0.3 is 9.88 Å². The number of para-hydroxylation sites is 1. The summed E-state index contributed by atoms with van der Waals surface area (Å²) in [5.74, 6) is 0.107. The van der Waals surface area contributed by atoms with Gasteiger partial charge in [0.25, 0.3) is 0 Å². The van der Waals surface area contributed by atoms with Crippen LogP contribution in [0.1, 0.15) is 43.2 Å². The highest BCUT2D eigenvalue weighted by Crippen LogP contribution is 2.32. The topological polar surface area (TPSA) is 73.5 Å². The number of anilines is 1. The van der Waals surface area contributed by atoms with Crippen LogP contribution in [0.4, 0.5) is 5.69 Å². The molecule has 3 aromatic rings. The van der Waals surface area contributed by atoms with Crippen LogP contribution in [0.15, 0.2) is 53.6 Å². The van der Waals surface area contributed by atoms with Crippen molar-refractivity contribution in [2.45, 2.75) is 49.8 Å². The van der Waals surface area contributed by atoms with Crippen LogP contribution in [0.25, 0.3) is 10.9 Å². The lowest BCUT2D eigenvalue weighted by atomic mass is 10.1. The zero-order valence-corrected chi connectivity index (χ0v) is 19.0. The maximum absolute atomic E-state index is 13.0. The summed E-state index contributed by atoms with van der Waals surface area (Å²) in [7, 11) is -3.45. The van der Waals surface area contributed by atoms with Gasteiger partial charge >= 0.3 is 0 Å². The molecular weight excluding hydrogens is 422 g/mol. The van der Waals surface area contributed by atoms with Gasteiger partial charge in [-0.25, -0.2) is 8.42 Å². The lowest BCUT2D eigenvalue weighted by molar-refractivity contribution is -0.118. The third kappa shape index (κ3) is 3.95. The molecule has 0 radical (unpaired) electrons. The standard InChI is InChI=1S/C25H29N3O3S/c29-25(10-6-7-20-18-26-23-9-3-2-8-22(20)23)28-16-13-19-17-21(11-12-24(19)28)32(30,31)27-14-4-1-5-15-27/h2-3,8-9,11-12,17-18,26H,1,4-7,10,13-16H2. The normalized spacial score (nSPS) is 17.1. The number of sulfonamides is 1. The molecule has 1 N–H and O–H groups in total. The number of hydrogen-bond acceptors (Lipinski definition) is 3. The van der Waals surface area contributed by atoms with E-state index >= 15 is 0 Å². The van der Waals surface area contributed by atoms with Gasteiger partial charge in [0.1, 0.15) is 0 Å². The summed E-state index contributed by atoms with van der Waals surface area (Å²) in [6, 6.07) is 13.5. The van der Waals surface area contributed by atoms with E-state index < -0.39 is 10.0 Å². The van der Waals surface area contributed by atoms with E-state index in [0.29, 0.717) is 37.4 Å². The fourth-order valence-electron chi connectivity index (χ4n) is 4.96. The lowest BCUT2D eigenvalue weighted by Gasteiger charge is -2.26. The number of hydrogen-bond donors (Lipinski definition) is 1. The van der Waals surface area contributed by atoms with E-state index in [9.17, 15) is 13.2 Å². The van der Waals surface area contributed by atoms with Crippen molar-refractivity contribution < 1.29 is 13.2 Å². The highest BCUT2D eigenvalue weighted by molar-refractivity contribution is 7.89. The van der Waals surface area contributed by atoms with Gasteiger partial charge in [-0.2, -0.15) is 4.31 Å². The molecule has 0 spiro atoms. The average Bonchev–Trinajstić information content (AvgIpc) is 3.43. The minimum atomic E-state index is -3.45. The van der Waals surface area contributed by atoms with Gasteiger partial charge in [0.05, 0.1) is 4.90 Å². The smallest absolute Gasteiger partial charge is 0.243 e. The Kier molecular flexibility index (Phi) is 5.78. The predicted molar refractivity (Wildman–Crippen MR) is 126 cm³/mol. The molecular formula is C25H29N3O3S. The Morgan fingerprint density at radius 1 is 1.00 bits per heavy atom. The van der Waals surface area contributed by atoms with E-state index in [-0.39, 0.29) is 5.91 Å². The number of H-pyrrole nitrogens is 1. The quantitative estimate of drug-likeness (QED) is 0.609. The minimum absolute atomic E-state index is 0.107. The fourth-order valence-corrected chi connectivity index (χ4v) is 6.52. The van der Waals surface area contributed by atoms with Gasteiger partial charge in [-0.1, -0.05) is 24.6 Å². The molecule has 0 bridgehead atoms. The van der Waals surface area contributed by atoms with E-state index in [0.717, 1.165) is 48.9 Å². The molecule has 3 heterocycles. The van der Waals surface area contributed by atoms with Crippen molar-refractivity contribution in [3.8, 4) is 0 Å². The van der Waals surface area contributed by atoms with E-state index in [1.165, 1.54) is 10.9 Å². The molecule has 1 saturated heterocycles. The molecule has 2 aromatic carbocycles. The molecule has 1 fully saturated rings. The number of aryl methyl sites for hydroxylation is 1. The molecule has 0 atom stereocenters. The number of nitrogens with one attached hydrogen (secondary N) is 1. The van der Waals surface area contributed by atoms with Gasteiger partial charge in [-0.05, 0) is 67.5 Å². The SMILES string of the molecule is O=C(CCCc1c[nH]c2ccccc12)N1CCc2cc(S(=O)(=O)N3CCCCC3)ccc21. The number of aromatic nitrogens is 1. The first kappa shape index (κ1) is 21.2. The molecule has 32 heavy (non-hydrogen) atoms. The Hall–Kier alpha value is -2.64. The number of amides is 1. The van der Waals surface area contributed by atoms with Crippen molar-refractivity contribution in [3.05, 3.63) is 59.8 Å². The fraction of sp³-hybridized carbons (Fsp3) is 0.400. The molecule has 0 saturated carbocycles. The minimum Gasteiger partial charge on any atom is -0.361 e. The van der Waals surface area contributed by atoms with Gasteiger partial charge in [0, 0.05) is 48.8 Å². The van der Waals surface area contributed by atoms with Crippen molar-refractivity contribution >= 4 is 32.5 Å². The van der Waals surface area contributed by atoms with Crippen molar-refractivity contribution in [1.29, 1.82) is 0 Å². The van der Waals surface area contributed by atoms with Gasteiger partial charge in [-0.3, -0.25) is 4.79 Å². The zero-order valence-electron chi connectivity index (χ0n) is 18.2. The summed E-state index contributed by atoms with van der Waals surface area (Å²) in [5.41, 5.74) is 4.17. The molecule has 6 nitrogen and oxygen atoms in total. The maximum Gasteiger partial charge on any atom is 0.243 e.